The van der Waals surface area contributed by atoms with Crippen LogP contribution in [-0.2, 0) is 0 Å². The third kappa shape index (κ3) is 2.55. The second-order valence-corrected chi connectivity index (χ2v) is 5.39. The molecule has 4 nitrogen and oxygen atoms in total. The fourth-order valence-corrected chi connectivity index (χ4v) is 2.43. The van der Waals surface area contributed by atoms with Crippen LogP contribution in [0.1, 0.15) is 29.9 Å². The average Bonchev–Trinajstić information content (AvgIpc) is 2.75. The number of aryl methyl sites for hydroxylation is 1. The SMILES string of the molecule is CNC(C)c1nnn(-c2cc(F)c(Br)cc2C)c1C. The van der Waals surface area contributed by atoms with E-state index in [1.54, 1.807) is 10.7 Å². The smallest absolute Gasteiger partial charge is 0.139 e. The summed E-state index contributed by atoms with van der Waals surface area (Å²) in [7, 11) is 1.87. The predicted molar refractivity (Wildman–Crippen MR) is 76.0 cm³/mol. The molecule has 1 aromatic carbocycles. The van der Waals surface area contributed by atoms with Gasteiger partial charge in [-0.2, -0.15) is 0 Å². The Morgan fingerprint density at radius 2 is 2.05 bits per heavy atom. The lowest BCUT2D eigenvalue weighted by Crippen LogP contribution is -2.14. The number of nitrogens with zero attached hydrogens (tertiary/aromatic N) is 3. The van der Waals surface area contributed by atoms with Gasteiger partial charge in [-0.1, -0.05) is 5.21 Å². The quantitative estimate of drug-likeness (QED) is 0.942. The van der Waals surface area contributed by atoms with Gasteiger partial charge in [0.15, 0.2) is 0 Å². The molecule has 0 saturated carbocycles. The summed E-state index contributed by atoms with van der Waals surface area (Å²) < 4.78 is 15.8. The Balaban J connectivity index is 2.54. The maximum absolute atomic E-state index is 13.7. The lowest BCUT2D eigenvalue weighted by atomic mass is 10.1. The molecule has 0 amide bonds. The Morgan fingerprint density at radius 1 is 1.37 bits per heavy atom. The van der Waals surface area contributed by atoms with Crippen molar-refractivity contribution in [1.82, 2.24) is 20.3 Å². The summed E-state index contributed by atoms with van der Waals surface area (Å²) in [6.45, 7) is 5.86. The van der Waals surface area contributed by atoms with Crippen molar-refractivity contribution >= 4 is 15.9 Å². The van der Waals surface area contributed by atoms with Gasteiger partial charge in [0.05, 0.1) is 21.9 Å². The molecule has 1 heterocycles. The molecule has 0 aliphatic heterocycles. The van der Waals surface area contributed by atoms with E-state index in [9.17, 15) is 4.39 Å². The summed E-state index contributed by atoms with van der Waals surface area (Å²) in [4.78, 5) is 0. The van der Waals surface area contributed by atoms with Crippen molar-refractivity contribution in [3.63, 3.8) is 0 Å². The zero-order valence-corrected chi connectivity index (χ0v) is 12.9. The molecule has 0 aliphatic rings. The van der Waals surface area contributed by atoms with Gasteiger partial charge in [0.2, 0.25) is 0 Å². The number of halogens is 2. The number of rotatable bonds is 3. The fraction of sp³-hybridized carbons (Fsp3) is 0.385. The van der Waals surface area contributed by atoms with Crippen LogP contribution in [0.2, 0.25) is 0 Å². The molecule has 19 heavy (non-hydrogen) atoms. The van der Waals surface area contributed by atoms with E-state index in [2.05, 4.69) is 31.6 Å². The minimum atomic E-state index is -0.307. The fourth-order valence-electron chi connectivity index (χ4n) is 1.97. The first-order valence-electron chi connectivity index (χ1n) is 6.01. The van der Waals surface area contributed by atoms with Gasteiger partial charge in [-0.25, -0.2) is 9.07 Å². The number of nitrogens with one attached hydrogen (secondary N) is 1. The van der Waals surface area contributed by atoms with Crippen molar-refractivity contribution in [2.45, 2.75) is 26.8 Å². The highest BCUT2D eigenvalue weighted by Gasteiger charge is 2.17. The summed E-state index contributed by atoms with van der Waals surface area (Å²) in [5, 5.41) is 11.4. The molecule has 0 fully saturated rings. The van der Waals surface area contributed by atoms with Crippen LogP contribution in [0, 0.1) is 19.7 Å². The van der Waals surface area contributed by atoms with E-state index in [4.69, 9.17) is 0 Å². The van der Waals surface area contributed by atoms with Crippen LogP contribution in [0.3, 0.4) is 0 Å². The molecular weight excluding hydrogens is 311 g/mol. The molecule has 0 spiro atoms. The van der Waals surface area contributed by atoms with Gasteiger partial charge < -0.3 is 5.32 Å². The van der Waals surface area contributed by atoms with Crippen LogP contribution >= 0.6 is 15.9 Å². The highest BCUT2D eigenvalue weighted by molar-refractivity contribution is 9.10. The average molecular weight is 327 g/mol. The minimum absolute atomic E-state index is 0.106. The van der Waals surface area contributed by atoms with E-state index in [1.807, 2.05) is 27.8 Å². The Labute approximate surface area is 120 Å². The van der Waals surface area contributed by atoms with Crippen LogP contribution in [0.25, 0.3) is 5.69 Å². The first kappa shape index (κ1) is 14.1. The lowest BCUT2D eigenvalue weighted by molar-refractivity contribution is 0.617. The zero-order valence-electron chi connectivity index (χ0n) is 11.3. The van der Waals surface area contributed by atoms with Gasteiger partial charge in [-0.15, -0.1) is 5.10 Å². The highest BCUT2D eigenvalue weighted by Crippen LogP contribution is 2.25. The third-order valence-corrected chi connectivity index (χ3v) is 3.85. The van der Waals surface area contributed by atoms with Gasteiger partial charge in [0, 0.05) is 6.07 Å². The van der Waals surface area contributed by atoms with Crippen molar-refractivity contribution in [2.24, 2.45) is 0 Å². The highest BCUT2D eigenvalue weighted by atomic mass is 79.9. The van der Waals surface area contributed by atoms with Crippen molar-refractivity contribution in [2.75, 3.05) is 7.05 Å². The van der Waals surface area contributed by atoms with E-state index < -0.39 is 0 Å². The van der Waals surface area contributed by atoms with Gasteiger partial charge in [0.25, 0.3) is 0 Å². The van der Waals surface area contributed by atoms with Crippen molar-refractivity contribution in [1.29, 1.82) is 0 Å². The lowest BCUT2D eigenvalue weighted by Gasteiger charge is -2.10. The minimum Gasteiger partial charge on any atom is -0.312 e. The van der Waals surface area contributed by atoms with Gasteiger partial charge >= 0.3 is 0 Å². The second kappa shape index (κ2) is 5.38. The van der Waals surface area contributed by atoms with Gasteiger partial charge in [0.1, 0.15) is 11.5 Å². The molecule has 1 aromatic heterocycles. The summed E-state index contributed by atoms with van der Waals surface area (Å²) in [5.41, 5.74) is 3.42. The maximum atomic E-state index is 13.7. The molecule has 0 aliphatic carbocycles. The Bertz CT molecular complexity index is 609. The van der Waals surface area contributed by atoms with Gasteiger partial charge in [-0.05, 0) is 55.4 Å². The molecule has 1 N–H and O–H groups in total. The molecule has 0 bridgehead atoms. The standard InChI is InChI=1S/C13H16BrFN4/c1-7-5-10(14)11(15)6-12(7)19-9(3)13(17-18-19)8(2)16-4/h5-6,8,16H,1-4H3. The van der Waals surface area contributed by atoms with Crippen LogP contribution in [-0.4, -0.2) is 22.0 Å². The third-order valence-electron chi connectivity index (χ3n) is 3.24. The van der Waals surface area contributed by atoms with Crippen molar-refractivity contribution < 1.29 is 4.39 Å². The predicted octanol–water partition coefficient (Wildman–Crippen LogP) is 3.07. The van der Waals surface area contributed by atoms with E-state index in [0.29, 0.717) is 10.2 Å². The molecule has 0 saturated heterocycles. The maximum Gasteiger partial charge on any atom is 0.139 e. The van der Waals surface area contributed by atoms with Crippen molar-refractivity contribution in [3.05, 3.63) is 39.4 Å². The molecule has 6 heteroatoms. The number of hydrogen-bond acceptors (Lipinski definition) is 3. The summed E-state index contributed by atoms with van der Waals surface area (Å²) in [5.74, 6) is -0.307. The molecule has 2 rings (SSSR count). The largest absolute Gasteiger partial charge is 0.312 e. The molecule has 1 atom stereocenters. The van der Waals surface area contributed by atoms with Crippen molar-refractivity contribution in [3.8, 4) is 5.69 Å². The van der Waals surface area contributed by atoms with E-state index in [-0.39, 0.29) is 11.9 Å². The normalized spacial score (nSPS) is 12.7. The van der Waals surface area contributed by atoms with E-state index in [0.717, 1.165) is 17.0 Å². The Morgan fingerprint density at radius 3 is 2.68 bits per heavy atom. The van der Waals surface area contributed by atoms with E-state index in [1.165, 1.54) is 6.07 Å². The molecule has 2 aromatic rings. The topological polar surface area (TPSA) is 42.7 Å². The number of aromatic nitrogens is 3. The molecule has 102 valence electrons. The first-order chi connectivity index (χ1) is 8.95. The Hall–Kier alpha value is -1.27. The molecular formula is C13H16BrFN4. The monoisotopic (exact) mass is 326 g/mol. The molecule has 1 unspecified atom stereocenters. The first-order valence-corrected chi connectivity index (χ1v) is 6.80. The summed E-state index contributed by atoms with van der Waals surface area (Å²) in [6.07, 6.45) is 0. The number of benzene rings is 1. The van der Waals surface area contributed by atoms with Crippen LogP contribution < -0.4 is 5.32 Å². The second-order valence-electron chi connectivity index (χ2n) is 4.54. The Kier molecular flexibility index (Phi) is 4.01. The number of hydrogen-bond donors (Lipinski definition) is 1. The summed E-state index contributed by atoms with van der Waals surface area (Å²) >= 11 is 3.18. The van der Waals surface area contributed by atoms with Crippen LogP contribution in [0.15, 0.2) is 16.6 Å². The van der Waals surface area contributed by atoms with Crippen LogP contribution in [0.5, 0.6) is 0 Å². The van der Waals surface area contributed by atoms with E-state index >= 15 is 0 Å². The van der Waals surface area contributed by atoms with Gasteiger partial charge in [-0.3, -0.25) is 0 Å². The van der Waals surface area contributed by atoms with Crippen LogP contribution in [0.4, 0.5) is 4.39 Å². The zero-order chi connectivity index (χ0) is 14.2. The summed E-state index contributed by atoms with van der Waals surface area (Å²) in [6, 6.07) is 3.32. The molecule has 0 radical (unpaired) electrons.